The molecule has 1 aliphatic rings. The molecule has 1 saturated heterocycles. The van der Waals surface area contributed by atoms with E-state index in [9.17, 15) is 9.59 Å². The van der Waals surface area contributed by atoms with E-state index in [2.05, 4.69) is 51.8 Å². The number of anilines is 5. The quantitative estimate of drug-likeness (QED) is 0.153. The number of nitrogens with zero attached hydrogens (tertiary/aromatic N) is 4. The molecule has 1 aliphatic heterocycles. The maximum absolute atomic E-state index is 13.4. The summed E-state index contributed by atoms with van der Waals surface area (Å²) in [6.45, 7) is 3.63. The van der Waals surface area contributed by atoms with Crippen LogP contribution in [0.1, 0.15) is 23.1 Å². The summed E-state index contributed by atoms with van der Waals surface area (Å²) >= 11 is 0. The van der Waals surface area contributed by atoms with Crippen LogP contribution in [0.25, 0.3) is 11.1 Å². The largest absolute Gasteiger partial charge is 0.399 e. The van der Waals surface area contributed by atoms with Crippen molar-refractivity contribution in [2.45, 2.75) is 26.3 Å². The SMILES string of the molecule is Cc1ccc(-c2ccc(Nc3cncc(N4CCN(Cc5cccc(NC(=O)CCc6cccc(N)c6)c5)C4=O)c3)nc2)cc1. The third-order valence-electron chi connectivity index (χ3n) is 7.73. The topological polar surface area (TPSA) is 116 Å². The number of nitrogen functional groups attached to an aromatic ring is 1. The third-order valence-corrected chi connectivity index (χ3v) is 7.73. The van der Waals surface area contributed by atoms with Gasteiger partial charge in [-0.25, -0.2) is 9.78 Å². The second kappa shape index (κ2) is 13.3. The first-order valence-corrected chi connectivity index (χ1v) is 14.9. The lowest BCUT2D eigenvalue weighted by Crippen LogP contribution is -2.31. The highest BCUT2D eigenvalue weighted by Gasteiger charge is 2.30. The average Bonchev–Trinajstić information content (AvgIpc) is 3.40. The summed E-state index contributed by atoms with van der Waals surface area (Å²) in [7, 11) is 0. The summed E-state index contributed by atoms with van der Waals surface area (Å²) < 4.78 is 0. The van der Waals surface area contributed by atoms with Crippen LogP contribution in [-0.4, -0.2) is 39.9 Å². The van der Waals surface area contributed by atoms with Gasteiger partial charge in [-0.15, -0.1) is 0 Å². The van der Waals surface area contributed by atoms with Gasteiger partial charge < -0.3 is 21.3 Å². The van der Waals surface area contributed by atoms with Gasteiger partial charge >= 0.3 is 6.03 Å². The van der Waals surface area contributed by atoms with Crippen molar-refractivity contribution in [1.82, 2.24) is 14.9 Å². The summed E-state index contributed by atoms with van der Waals surface area (Å²) in [4.78, 5) is 38.4. The lowest BCUT2D eigenvalue weighted by atomic mass is 10.1. The number of aryl methyl sites for hydroxylation is 2. The van der Waals surface area contributed by atoms with Crippen molar-refractivity contribution in [3.05, 3.63) is 126 Å². The van der Waals surface area contributed by atoms with E-state index in [1.54, 1.807) is 22.2 Å². The molecule has 3 heterocycles. The molecule has 45 heavy (non-hydrogen) atoms. The molecule has 9 heteroatoms. The maximum Gasteiger partial charge on any atom is 0.324 e. The normalized spacial score (nSPS) is 12.8. The minimum atomic E-state index is -0.0916. The van der Waals surface area contributed by atoms with E-state index in [0.29, 0.717) is 55.4 Å². The fourth-order valence-electron chi connectivity index (χ4n) is 5.34. The highest BCUT2D eigenvalue weighted by molar-refractivity contribution is 5.94. The Morgan fingerprint density at radius 3 is 2.44 bits per heavy atom. The average molecular weight is 598 g/mol. The van der Waals surface area contributed by atoms with Gasteiger partial charge in [-0.3, -0.25) is 14.7 Å². The molecule has 0 aliphatic carbocycles. The monoisotopic (exact) mass is 597 g/mol. The molecule has 0 radical (unpaired) electrons. The Bertz CT molecular complexity index is 1810. The smallest absolute Gasteiger partial charge is 0.324 e. The molecule has 0 bridgehead atoms. The molecule has 5 aromatic rings. The zero-order valence-electron chi connectivity index (χ0n) is 25.1. The first kappa shape index (κ1) is 29.4. The molecule has 9 nitrogen and oxygen atoms in total. The molecule has 4 N–H and O–H groups in total. The predicted octanol–water partition coefficient (Wildman–Crippen LogP) is 6.79. The minimum absolute atomic E-state index is 0.0728. The van der Waals surface area contributed by atoms with E-state index >= 15 is 0 Å². The van der Waals surface area contributed by atoms with E-state index in [4.69, 9.17) is 5.73 Å². The van der Waals surface area contributed by atoms with Crippen molar-refractivity contribution in [2.24, 2.45) is 0 Å². The highest BCUT2D eigenvalue weighted by atomic mass is 16.2. The van der Waals surface area contributed by atoms with Crippen LogP contribution in [0.5, 0.6) is 0 Å². The molecule has 1 fully saturated rings. The number of benzene rings is 3. The molecule has 6 rings (SSSR count). The van der Waals surface area contributed by atoms with Crippen LogP contribution in [0.2, 0.25) is 0 Å². The van der Waals surface area contributed by atoms with Gasteiger partial charge in [0.15, 0.2) is 0 Å². The zero-order chi connectivity index (χ0) is 31.2. The number of urea groups is 1. The first-order valence-electron chi connectivity index (χ1n) is 14.9. The van der Waals surface area contributed by atoms with Gasteiger partial charge in [0.2, 0.25) is 5.91 Å². The molecule has 226 valence electrons. The van der Waals surface area contributed by atoms with Crippen LogP contribution in [0.15, 0.2) is 110 Å². The molecule has 0 spiro atoms. The van der Waals surface area contributed by atoms with Gasteiger partial charge in [0, 0.05) is 49.2 Å². The standard InChI is InChI=1S/C36H35N7O2/c1-25-8-11-28(12-9-25)29-13-14-34(39-21-29)40-32-20-33(23-38-22-32)43-17-16-42(36(43)45)24-27-5-3-7-31(19-27)41-35(44)15-10-26-4-2-6-30(37)18-26/h2-9,11-14,18-23H,10,15-17,24,37H2,1H3,(H,39,40)(H,41,44). The number of nitrogens with two attached hydrogens (primary N) is 1. The number of nitrogens with one attached hydrogen (secondary N) is 2. The van der Waals surface area contributed by atoms with Crippen molar-refractivity contribution >= 4 is 40.5 Å². The van der Waals surface area contributed by atoms with Crippen molar-refractivity contribution in [2.75, 3.05) is 34.4 Å². The number of amides is 3. The summed E-state index contributed by atoms with van der Waals surface area (Å²) in [6.07, 6.45) is 6.21. The second-order valence-electron chi connectivity index (χ2n) is 11.2. The Kier molecular flexibility index (Phi) is 8.68. The van der Waals surface area contributed by atoms with Crippen LogP contribution in [0.4, 0.5) is 33.4 Å². The van der Waals surface area contributed by atoms with E-state index in [-0.39, 0.29) is 11.9 Å². The van der Waals surface area contributed by atoms with Crippen LogP contribution < -0.4 is 21.3 Å². The van der Waals surface area contributed by atoms with Gasteiger partial charge in [-0.05, 0) is 72.5 Å². The number of hydrogen-bond acceptors (Lipinski definition) is 6. The number of aromatic nitrogens is 2. The van der Waals surface area contributed by atoms with Crippen LogP contribution >= 0.6 is 0 Å². The molecule has 0 unspecified atom stereocenters. The van der Waals surface area contributed by atoms with Crippen molar-refractivity contribution < 1.29 is 9.59 Å². The summed E-state index contributed by atoms with van der Waals surface area (Å²) in [6, 6.07) is 29.3. The summed E-state index contributed by atoms with van der Waals surface area (Å²) in [5, 5.41) is 6.27. The zero-order valence-corrected chi connectivity index (χ0v) is 25.1. The predicted molar refractivity (Wildman–Crippen MR) is 179 cm³/mol. The Morgan fingerprint density at radius 1 is 0.844 bits per heavy atom. The summed E-state index contributed by atoms with van der Waals surface area (Å²) in [5.74, 6) is 0.618. The number of carbonyl (C=O) groups excluding carboxylic acids is 2. The third kappa shape index (κ3) is 7.45. The van der Waals surface area contributed by atoms with Crippen molar-refractivity contribution in [3.8, 4) is 11.1 Å². The lowest BCUT2D eigenvalue weighted by Gasteiger charge is -2.19. The second-order valence-corrected chi connectivity index (χ2v) is 11.2. The number of hydrogen-bond donors (Lipinski definition) is 3. The molecular formula is C36H35N7O2. The van der Waals surface area contributed by atoms with E-state index < -0.39 is 0 Å². The maximum atomic E-state index is 13.4. The Hall–Kier alpha value is -5.70. The van der Waals surface area contributed by atoms with Crippen LogP contribution in [-0.2, 0) is 17.8 Å². The van der Waals surface area contributed by atoms with Gasteiger partial charge in [0.05, 0.1) is 23.8 Å². The molecule has 0 saturated carbocycles. The van der Waals surface area contributed by atoms with Crippen LogP contribution in [0.3, 0.4) is 0 Å². The fraction of sp³-hybridized carbons (Fsp3) is 0.167. The van der Waals surface area contributed by atoms with Gasteiger partial charge in [-0.2, -0.15) is 0 Å². The number of carbonyl (C=O) groups is 2. The fourth-order valence-corrected chi connectivity index (χ4v) is 5.34. The van der Waals surface area contributed by atoms with E-state index in [1.807, 2.05) is 72.9 Å². The Morgan fingerprint density at radius 2 is 1.64 bits per heavy atom. The Balaban J connectivity index is 1.04. The first-order chi connectivity index (χ1) is 21.9. The van der Waals surface area contributed by atoms with E-state index in [1.165, 1.54) is 5.56 Å². The van der Waals surface area contributed by atoms with Gasteiger partial charge in [0.1, 0.15) is 5.82 Å². The van der Waals surface area contributed by atoms with Gasteiger partial charge in [0.25, 0.3) is 0 Å². The highest BCUT2D eigenvalue weighted by Crippen LogP contribution is 2.26. The van der Waals surface area contributed by atoms with E-state index in [0.717, 1.165) is 27.9 Å². The molecule has 3 amide bonds. The minimum Gasteiger partial charge on any atom is -0.399 e. The molecule has 2 aromatic heterocycles. The van der Waals surface area contributed by atoms with Gasteiger partial charge in [-0.1, -0.05) is 54.1 Å². The summed E-state index contributed by atoms with van der Waals surface area (Å²) in [5.41, 5.74) is 14.0. The van der Waals surface area contributed by atoms with Crippen molar-refractivity contribution in [3.63, 3.8) is 0 Å². The Labute approximate surface area is 262 Å². The lowest BCUT2D eigenvalue weighted by molar-refractivity contribution is -0.116. The van der Waals surface area contributed by atoms with Crippen molar-refractivity contribution in [1.29, 1.82) is 0 Å². The molecular weight excluding hydrogens is 562 g/mol. The van der Waals surface area contributed by atoms with Crippen LogP contribution in [0, 0.1) is 6.92 Å². The molecule has 0 atom stereocenters. The number of rotatable bonds is 10. The number of pyridine rings is 2. The molecule has 3 aromatic carbocycles.